The number of nitrogens with one attached hydrogen (secondary N) is 2. The molecule has 1 amide bonds. The number of carbonyl (C=O) groups excluding carboxylic acids is 1. The minimum Gasteiger partial charge on any atom is -0.381 e. The number of halogens is 1. The van der Waals surface area contributed by atoms with E-state index in [9.17, 15) is 4.79 Å². The van der Waals surface area contributed by atoms with Crippen LogP contribution in [0.4, 0.5) is 0 Å². The highest BCUT2D eigenvalue weighted by Crippen LogP contribution is 2.33. The molecular weight excluding hydrogens is 368 g/mol. The summed E-state index contributed by atoms with van der Waals surface area (Å²) in [6, 6.07) is 8.33. The van der Waals surface area contributed by atoms with Gasteiger partial charge in [-0.3, -0.25) is 4.79 Å². The van der Waals surface area contributed by atoms with E-state index in [1.165, 1.54) is 18.4 Å². The van der Waals surface area contributed by atoms with Crippen molar-refractivity contribution in [2.24, 2.45) is 5.92 Å². The third-order valence-electron chi connectivity index (χ3n) is 5.36. The van der Waals surface area contributed by atoms with Gasteiger partial charge in [0.15, 0.2) is 0 Å². The molecule has 0 atom stereocenters. The molecule has 2 N–H and O–H groups in total. The number of carbonyl (C=O) groups is 1. The summed E-state index contributed by atoms with van der Waals surface area (Å²) >= 11 is 3.49. The summed E-state index contributed by atoms with van der Waals surface area (Å²) in [5.74, 6) is 0.869. The van der Waals surface area contributed by atoms with E-state index >= 15 is 0 Å². The maximum absolute atomic E-state index is 12.6. The highest BCUT2D eigenvalue weighted by molar-refractivity contribution is 9.10. The summed E-state index contributed by atoms with van der Waals surface area (Å²) in [7, 11) is 0. The molecule has 2 aliphatic rings. The van der Waals surface area contributed by atoms with Gasteiger partial charge in [-0.25, -0.2) is 0 Å². The van der Waals surface area contributed by atoms with Crippen molar-refractivity contribution in [2.75, 3.05) is 26.3 Å². The average molecular weight is 395 g/mol. The molecule has 132 valence electrons. The van der Waals surface area contributed by atoms with Gasteiger partial charge in [0, 0.05) is 24.1 Å². The molecule has 0 unspecified atom stereocenters. The van der Waals surface area contributed by atoms with Gasteiger partial charge in [-0.2, -0.15) is 0 Å². The summed E-state index contributed by atoms with van der Waals surface area (Å²) in [5.41, 5.74) is 0.911. The Kier molecular flexibility index (Phi) is 6.31. The third kappa shape index (κ3) is 4.58. The number of benzene rings is 1. The summed E-state index contributed by atoms with van der Waals surface area (Å²) in [5, 5.41) is 6.74. The second kappa shape index (κ2) is 8.45. The second-order valence-corrected chi connectivity index (χ2v) is 7.90. The molecule has 5 heteroatoms. The molecule has 2 aliphatic heterocycles. The van der Waals surface area contributed by atoms with Crippen LogP contribution in [0.1, 0.15) is 44.1 Å². The van der Waals surface area contributed by atoms with Gasteiger partial charge in [0.2, 0.25) is 5.91 Å². The molecule has 1 aromatic rings. The molecular formula is C19H27BrN2O2. The molecule has 0 bridgehead atoms. The molecule has 2 heterocycles. The van der Waals surface area contributed by atoms with Crippen LogP contribution in [0, 0.1) is 5.92 Å². The molecule has 0 aliphatic carbocycles. The topological polar surface area (TPSA) is 50.4 Å². The lowest BCUT2D eigenvalue weighted by Crippen LogP contribution is -2.49. The molecule has 4 nitrogen and oxygen atoms in total. The SMILES string of the molecule is O=C(CCC1CCNCC1)NC1(c2ccc(Br)cc2)CCOCC1. The van der Waals surface area contributed by atoms with E-state index in [1.807, 2.05) is 12.1 Å². The van der Waals surface area contributed by atoms with Crippen molar-refractivity contribution in [1.29, 1.82) is 0 Å². The van der Waals surface area contributed by atoms with Crippen LogP contribution in [0.3, 0.4) is 0 Å². The first-order chi connectivity index (χ1) is 11.7. The first-order valence-corrected chi connectivity index (χ1v) is 9.83. The fraction of sp³-hybridized carbons (Fsp3) is 0.632. The van der Waals surface area contributed by atoms with E-state index in [0.29, 0.717) is 25.6 Å². The van der Waals surface area contributed by atoms with Crippen LogP contribution in [-0.2, 0) is 15.1 Å². The molecule has 1 aromatic carbocycles. The lowest BCUT2D eigenvalue weighted by molar-refractivity contribution is -0.124. The van der Waals surface area contributed by atoms with Gasteiger partial charge in [-0.15, -0.1) is 0 Å². The number of ether oxygens (including phenoxy) is 1. The Balaban J connectivity index is 1.63. The summed E-state index contributed by atoms with van der Waals surface area (Å²) in [4.78, 5) is 12.6. The van der Waals surface area contributed by atoms with E-state index in [2.05, 4.69) is 38.7 Å². The van der Waals surface area contributed by atoms with Crippen molar-refractivity contribution in [3.05, 3.63) is 34.3 Å². The molecule has 24 heavy (non-hydrogen) atoms. The maximum atomic E-state index is 12.6. The summed E-state index contributed by atoms with van der Waals surface area (Å²) in [6.45, 7) is 3.58. The van der Waals surface area contributed by atoms with Gasteiger partial charge < -0.3 is 15.4 Å². The molecule has 2 saturated heterocycles. The Morgan fingerprint density at radius 1 is 1.21 bits per heavy atom. The molecule has 0 saturated carbocycles. The van der Waals surface area contributed by atoms with Crippen LogP contribution in [0.25, 0.3) is 0 Å². The minimum absolute atomic E-state index is 0.179. The lowest BCUT2D eigenvalue weighted by atomic mass is 9.82. The zero-order chi connectivity index (χ0) is 16.8. The lowest BCUT2D eigenvalue weighted by Gasteiger charge is -2.39. The van der Waals surface area contributed by atoms with Crippen molar-refractivity contribution < 1.29 is 9.53 Å². The van der Waals surface area contributed by atoms with Crippen LogP contribution >= 0.6 is 15.9 Å². The first-order valence-electron chi connectivity index (χ1n) is 9.03. The van der Waals surface area contributed by atoms with Crippen molar-refractivity contribution in [2.45, 2.75) is 44.1 Å². The fourth-order valence-electron chi connectivity index (χ4n) is 3.81. The molecule has 0 spiro atoms. The van der Waals surface area contributed by atoms with Crippen molar-refractivity contribution in [1.82, 2.24) is 10.6 Å². The van der Waals surface area contributed by atoms with Gasteiger partial charge in [-0.1, -0.05) is 28.1 Å². The summed E-state index contributed by atoms with van der Waals surface area (Å²) < 4.78 is 6.60. The van der Waals surface area contributed by atoms with Gasteiger partial charge in [-0.05, 0) is 68.8 Å². The van der Waals surface area contributed by atoms with Crippen LogP contribution in [0.5, 0.6) is 0 Å². The van der Waals surface area contributed by atoms with Gasteiger partial charge in [0.05, 0.1) is 5.54 Å². The zero-order valence-corrected chi connectivity index (χ0v) is 15.7. The standard InChI is InChI=1S/C19H27BrN2O2/c20-17-4-2-16(3-5-17)19(9-13-24-14-10-19)22-18(23)6-1-15-7-11-21-12-8-15/h2-5,15,21H,1,6-14H2,(H,22,23). The number of piperidine rings is 1. The van der Waals surface area contributed by atoms with Gasteiger partial charge >= 0.3 is 0 Å². The normalized spacial score (nSPS) is 21.4. The monoisotopic (exact) mass is 394 g/mol. The number of hydrogen-bond acceptors (Lipinski definition) is 3. The van der Waals surface area contributed by atoms with Gasteiger partial charge in [0.1, 0.15) is 0 Å². The summed E-state index contributed by atoms with van der Waals surface area (Å²) in [6.07, 6.45) is 5.70. The Morgan fingerprint density at radius 2 is 1.88 bits per heavy atom. The fourth-order valence-corrected chi connectivity index (χ4v) is 4.07. The average Bonchev–Trinajstić information content (AvgIpc) is 2.62. The number of amides is 1. The van der Waals surface area contributed by atoms with E-state index < -0.39 is 0 Å². The predicted molar refractivity (Wildman–Crippen MR) is 98.8 cm³/mol. The van der Waals surface area contributed by atoms with Crippen LogP contribution < -0.4 is 10.6 Å². The quantitative estimate of drug-likeness (QED) is 0.804. The Bertz CT molecular complexity index is 535. The molecule has 0 radical (unpaired) electrons. The predicted octanol–water partition coefficient (Wildman–Crippen LogP) is 3.35. The molecule has 0 aromatic heterocycles. The van der Waals surface area contributed by atoms with E-state index in [0.717, 1.165) is 36.8 Å². The Morgan fingerprint density at radius 3 is 2.54 bits per heavy atom. The van der Waals surface area contributed by atoms with Crippen molar-refractivity contribution >= 4 is 21.8 Å². The smallest absolute Gasteiger partial charge is 0.220 e. The minimum atomic E-state index is -0.274. The van der Waals surface area contributed by atoms with Crippen molar-refractivity contribution in [3.8, 4) is 0 Å². The third-order valence-corrected chi connectivity index (χ3v) is 5.89. The maximum Gasteiger partial charge on any atom is 0.220 e. The molecule has 3 rings (SSSR count). The highest BCUT2D eigenvalue weighted by Gasteiger charge is 2.35. The molecule has 2 fully saturated rings. The highest BCUT2D eigenvalue weighted by atomic mass is 79.9. The van der Waals surface area contributed by atoms with Crippen LogP contribution in [0.2, 0.25) is 0 Å². The number of hydrogen-bond donors (Lipinski definition) is 2. The largest absolute Gasteiger partial charge is 0.381 e. The van der Waals surface area contributed by atoms with E-state index in [1.54, 1.807) is 0 Å². The van der Waals surface area contributed by atoms with Crippen molar-refractivity contribution in [3.63, 3.8) is 0 Å². The van der Waals surface area contributed by atoms with Crippen LogP contribution in [0.15, 0.2) is 28.7 Å². The van der Waals surface area contributed by atoms with E-state index in [4.69, 9.17) is 4.74 Å². The number of rotatable bonds is 5. The first kappa shape index (κ1) is 17.9. The van der Waals surface area contributed by atoms with Crippen LogP contribution in [-0.4, -0.2) is 32.2 Å². The van der Waals surface area contributed by atoms with E-state index in [-0.39, 0.29) is 11.4 Å². The second-order valence-electron chi connectivity index (χ2n) is 6.98. The Labute approximate surface area is 152 Å². The van der Waals surface area contributed by atoms with Gasteiger partial charge in [0.25, 0.3) is 0 Å². The Hall–Kier alpha value is -0.910. The zero-order valence-electron chi connectivity index (χ0n) is 14.2.